The molecule has 1 amide bonds. The van der Waals surface area contributed by atoms with Crippen molar-refractivity contribution in [1.29, 1.82) is 0 Å². The Hall–Kier alpha value is -2.75. The van der Waals surface area contributed by atoms with Crippen LogP contribution in [0.15, 0.2) is 48.5 Å². The van der Waals surface area contributed by atoms with Crippen LogP contribution in [0.4, 0.5) is 5.69 Å². The minimum absolute atomic E-state index is 0.172. The average molecular weight is 325 g/mol. The molecule has 0 aliphatic rings. The summed E-state index contributed by atoms with van der Waals surface area (Å²) >= 11 is 0. The molecule has 0 aromatic heterocycles. The fourth-order valence-electron chi connectivity index (χ4n) is 2.18. The maximum Gasteiger partial charge on any atom is 0.248 e. The van der Waals surface area contributed by atoms with Crippen molar-refractivity contribution >= 4 is 17.7 Å². The van der Waals surface area contributed by atoms with E-state index in [1.807, 2.05) is 49.4 Å². The fraction of sp³-hybridized carbons (Fsp3) is 0.250. The maximum absolute atomic E-state index is 12.0. The van der Waals surface area contributed by atoms with Gasteiger partial charge in [0.1, 0.15) is 0 Å². The number of benzene rings is 2. The molecule has 0 fully saturated rings. The summed E-state index contributed by atoms with van der Waals surface area (Å²) in [5.41, 5.74) is 2.71. The van der Waals surface area contributed by atoms with Gasteiger partial charge in [-0.1, -0.05) is 31.2 Å². The first-order chi connectivity index (χ1) is 11.6. The lowest BCUT2D eigenvalue weighted by Crippen LogP contribution is -2.08. The summed E-state index contributed by atoms with van der Waals surface area (Å²) < 4.78 is 11.0. The predicted octanol–water partition coefficient (Wildman–Crippen LogP) is 4.44. The lowest BCUT2D eigenvalue weighted by atomic mass is 10.1. The van der Waals surface area contributed by atoms with Gasteiger partial charge in [-0.3, -0.25) is 4.79 Å². The van der Waals surface area contributed by atoms with Gasteiger partial charge < -0.3 is 14.8 Å². The molecule has 1 N–H and O–H groups in total. The van der Waals surface area contributed by atoms with E-state index in [0.29, 0.717) is 18.1 Å². The highest BCUT2D eigenvalue weighted by Crippen LogP contribution is 2.28. The van der Waals surface area contributed by atoms with Crippen LogP contribution in [0.2, 0.25) is 0 Å². The number of rotatable bonds is 7. The monoisotopic (exact) mass is 325 g/mol. The molecule has 2 aromatic rings. The van der Waals surface area contributed by atoms with Gasteiger partial charge in [0, 0.05) is 11.8 Å². The number of para-hydroxylation sites is 1. The van der Waals surface area contributed by atoms with E-state index in [1.165, 1.54) is 6.08 Å². The minimum Gasteiger partial charge on any atom is -0.493 e. The summed E-state index contributed by atoms with van der Waals surface area (Å²) in [7, 11) is 1.60. The number of methoxy groups -OCH3 is 1. The molecule has 0 saturated carbocycles. The minimum atomic E-state index is -0.172. The number of nitrogens with one attached hydrogen (secondary N) is 1. The standard InChI is InChI=1S/C20H23NO3/c1-4-13-24-18-11-9-16(14-19(18)23-3)10-12-20(22)21-17-8-6-5-7-15(17)2/h5-12,14H,4,13H2,1-3H3,(H,21,22). The summed E-state index contributed by atoms with van der Waals surface area (Å²) in [4.78, 5) is 12.0. The largest absolute Gasteiger partial charge is 0.493 e. The third-order valence-corrected chi connectivity index (χ3v) is 3.48. The highest BCUT2D eigenvalue weighted by molar-refractivity contribution is 6.02. The van der Waals surface area contributed by atoms with Crippen LogP contribution in [-0.4, -0.2) is 19.6 Å². The number of aryl methyl sites for hydroxylation is 1. The van der Waals surface area contributed by atoms with Gasteiger partial charge in [-0.15, -0.1) is 0 Å². The molecule has 0 heterocycles. The molecule has 126 valence electrons. The first-order valence-corrected chi connectivity index (χ1v) is 7.99. The molecule has 24 heavy (non-hydrogen) atoms. The third kappa shape index (κ3) is 4.88. The molecule has 0 aliphatic carbocycles. The van der Waals surface area contributed by atoms with Gasteiger partial charge in [-0.25, -0.2) is 0 Å². The zero-order valence-electron chi connectivity index (χ0n) is 14.3. The van der Waals surface area contributed by atoms with Gasteiger partial charge in [0.25, 0.3) is 0 Å². The molecule has 0 spiro atoms. The van der Waals surface area contributed by atoms with Crippen molar-refractivity contribution in [3.05, 3.63) is 59.7 Å². The quantitative estimate of drug-likeness (QED) is 0.765. The summed E-state index contributed by atoms with van der Waals surface area (Å²) in [6, 6.07) is 13.3. The molecule has 4 heteroatoms. The van der Waals surface area contributed by atoms with Crippen molar-refractivity contribution in [2.24, 2.45) is 0 Å². The molecule has 4 nitrogen and oxygen atoms in total. The predicted molar refractivity (Wildman–Crippen MR) is 97.6 cm³/mol. The highest BCUT2D eigenvalue weighted by atomic mass is 16.5. The van der Waals surface area contributed by atoms with Gasteiger partial charge in [0.05, 0.1) is 13.7 Å². The topological polar surface area (TPSA) is 47.6 Å². The van der Waals surface area contributed by atoms with E-state index in [9.17, 15) is 4.79 Å². The average Bonchev–Trinajstić information content (AvgIpc) is 2.60. The second kappa shape index (κ2) is 8.77. The van der Waals surface area contributed by atoms with Gasteiger partial charge in [0.15, 0.2) is 11.5 Å². The molecular formula is C20H23NO3. The van der Waals surface area contributed by atoms with Gasteiger partial charge in [-0.05, 0) is 48.7 Å². The van der Waals surface area contributed by atoms with Gasteiger partial charge >= 0.3 is 0 Å². The number of hydrogen-bond acceptors (Lipinski definition) is 3. The fourth-order valence-corrected chi connectivity index (χ4v) is 2.18. The lowest BCUT2D eigenvalue weighted by Gasteiger charge is -2.10. The van der Waals surface area contributed by atoms with Crippen molar-refractivity contribution in [3.8, 4) is 11.5 Å². The van der Waals surface area contributed by atoms with Crippen LogP contribution in [0.25, 0.3) is 6.08 Å². The number of amides is 1. The second-order valence-corrected chi connectivity index (χ2v) is 5.40. The summed E-state index contributed by atoms with van der Waals surface area (Å²) in [6.45, 7) is 4.65. The zero-order valence-corrected chi connectivity index (χ0v) is 14.3. The summed E-state index contributed by atoms with van der Waals surface area (Å²) in [5.74, 6) is 1.19. The molecule has 0 aliphatic heterocycles. The van der Waals surface area contributed by atoms with Gasteiger partial charge in [0.2, 0.25) is 5.91 Å². The SMILES string of the molecule is CCCOc1ccc(C=CC(=O)Nc2ccccc2C)cc1OC. The lowest BCUT2D eigenvalue weighted by molar-refractivity contribution is -0.111. The Morgan fingerprint density at radius 1 is 1.17 bits per heavy atom. The normalized spacial score (nSPS) is 10.6. The number of ether oxygens (including phenoxy) is 2. The van der Waals surface area contributed by atoms with E-state index in [1.54, 1.807) is 13.2 Å². The van der Waals surface area contributed by atoms with Crippen LogP contribution in [0.3, 0.4) is 0 Å². The molecule has 2 aromatic carbocycles. The molecule has 2 rings (SSSR count). The summed E-state index contributed by atoms with van der Waals surface area (Å²) in [6.07, 6.45) is 4.19. The van der Waals surface area contributed by atoms with E-state index < -0.39 is 0 Å². The van der Waals surface area contributed by atoms with Crippen molar-refractivity contribution in [2.75, 3.05) is 19.0 Å². The Morgan fingerprint density at radius 2 is 1.96 bits per heavy atom. The van der Waals surface area contributed by atoms with Crippen molar-refractivity contribution in [3.63, 3.8) is 0 Å². The Kier molecular flexibility index (Phi) is 6.43. The van der Waals surface area contributed by atoms with E-state index >= 15 is 0 Å². The molecular weight excluding hydrogens is 302 g/mol. The van der Waals surface area contributed by atoms with E-state index in [4.69, 9.17) is 9.47 Å². The number of carbonyl (C=O) groups is 1. The van der Waals surface area contributed by atoms with E-state index in [2.05, 4.69) is 12.2 Å². The maximum atomic E-state index is 12.0. The number of anilines is 1. The second-order valence-electron chi connectivity index (χ2n) is 5.40. The Bertz CT molecular complexity index is 723. The first-order valence-electron chi connectivity index (χ1n) is 7.99. The zero-order chi connectivity index (χ0) is 17.4. The Labute approximate surface area is 143 Å². The van der Waals surface area contributed by atoms with Crippen molar-refractivity contribution in [2.45, 2.75) is 20.3 Å². The van der Waals surface area contributed by atoms with Crippen LogP contribution in [-0.2, 0) is 4.79 Å². The molecule has 0 saturated heterocycles. The third-order valence-electron chi connectivity index (χ3n) is 3.48. The van der Waals surface area contributed by atoms with E-state index in [-0.39, 0.29) is 5.91 Å². The summed E-state index contributed by atoms with van der Waals surface area (Å²) in [5, 5.41) is 2.87. The van der Waals surface area contributed by atoms with Crippen molar-refractivity contribution < 1.29 is 14.3 Å². The smallest absolute Gasteiger partial charge is 0.248 e. The number of carbonyl (C=O) groups excluding carboxylic acids is 1. The first kappa shape index (κ1) is 17.6. The Morgan fingerprint density at radius 3 is 2.67 bits per heavy atom. The molecule has 0 radical (unpaired) electrons. The van der Waals surface area contributed by atoms with Crippen LogP contribution in [0.1, 0.15) is 24.5 Å². The van der Waals surface area contributed by atoms with Crippen LogP contribution in [0.5, 0.6) is 11.5 Å². The Balaban J connectivity index is 2.05. The molecule has 0 bridgehead atoms. The number of hydrogen-bond donors (Lipinski definition) is 1. The van der Waals surface area contributed by atoms with Gasteiger partial charge in [-0.2, -0.15) is 0 Å². The van der Waals surface area contributed by atoms with Crippen LogP contribution >= 0.6 is 0 Å². The van der Waals surface area contributed by atoms with Crippen LogP contribution in [0, 0.1) is 6.92 Å². The molecule has 0 atom stereocenters. The molecule has 0 unspecified atom stereocenters. The van der Waals surface area contributed by atoms with Crippen molar-refractivity contribution in [1.82, 2.24) is 0 Å². The van der Waals surface area contributed by atoms with E-state index in [0.717, 1.165) is 23.2 Å². The highest BCUT2D eigenvalue weighted by Gasteiger charge is 2.05. The van der Waals surface area contributed by atoms with Crippen LogP contribution < -0.4 is 14.8 Å².